The lowest BCUT2D eigenvalue weighted by Gasteiger charge is -2.06. The van der Waals surface area contributed by atoms with E-state index in [0.29, 0.717) is 18.1 Å². The lowest BCUT2D eigenvalue weighted by Crippen LogP contribution is -2.13. The minimum atomic E-state index is -0.367. The van der Waals surface area contributed by atoms with Crippen molar-refractivity contribution in [2.45, 2.75) is 25.8 Å². The summed E-state index contributed by atoms with van der Waals surface area (Å²) in [7, 11) is 1.55. The van der Waals surface area contributed by atoms with Crippen molar-refractivity contribution in [3.63, 3.8) is 0 Å². The highest BCUT2D eigenvalue weighted by Crippen LogP contribution is 2.28. The lowest BCUT2D eigenvalue weighted by molar-refractivity contribution is 0.0516. The third-order valence-electron chi connectivity index (χ3n) is 2.94. The van der Waals surface area contributed by atoms with Crippen LogP contribution in [0, 0.1) is 0 Å². The molecule has 0 aromatic carbocycles. The third kappa shape index (κ3) is 2.44. The molecule has 1 fully saturated rings. The second kappa shape index (κ2) is 5.23. The van der Waals surface area contributed by atoms with Gasteiger partial charge in [0.2, 0.25) is 0 Å². The van der Waals surface area contributed by atoms with Gasteiger partial charge >= 0.3 is 5.97 Å². The van der Waals surface area contributed by atoms with Crippen molar-refractivity contribution in [1.82, 2.24) is 10.3 Å². The van der Waals surface area contributed by atoms with Gasteiger partial charge in [0.1, 0.15) is 0 Å². The van der Waals surface area contributed by atoms with Gasteiger partial charge in [-0.2, -0.15) is 0 Å². The van der Waals surface area contributed by atoms with Crippen LogP contribution in [0.2, 0.25) is 0 Å². The van der Waals surface area contributed by atoms with E-state index in [2.05, 4.69) is 10.3 Å². The summed E-state index contributed by atoms with van der Waals surface area (Å²) in [4.78, 5) is 14.8. The summed E-state index contributed by atoms with van der Waals surface area (Å²) >= 11 is 0. The van der Waals surface area contributed by atoms with Crippen molar-refractivity contribution in [3.05, 3.63) is 17.5 Å². The van der Waals surface area contributed by atoms with Gasteiger partial charge in [-0.05, 0) is 26.3 Å². The van der Waals surface area contributed by atoms with E-state index in [1.54, 1.807) is 14.0 Å². The van der Waals surface area contributed by atoms with Gasteiger partial charge in [-0.1, -0.05) is 0 Å². The van der Waals surface area contributed by atoms with E-state index in [0.717, 1.165) is 25.1 Å². The summed E-state index contributed by atoms with van der Waals surface area (Å²) in [6.07, 6.45) is 2.23. The first-order valence-electron chi connectivity index (χ1n) is 5.93. The van der Waals surface area contributed by atoms with Crippen molar-refractivity contribution < 1.29 is 14.3 Å². The summed E-state index contributed by atoms with van der Waals surface area (Å²) in [5, 5.41) is 3.37. The molecule has 1 atom stereocenters. The first-order chi connectivity index (χ1) is 8.26. The quantitative estimate of drug-likeness (QED) is 0.782. The van der Waals surface area contributed by atoms with Gasteiger partial charge in [0, 0.05) is 17.8 Å². The van der Waals surface area contributed by atoms with Crippen LogP contribution in [0.1, 0.15) is 42.0 Å². The molecule has 5 nitrogen and oxygen atoms in total. The van der Waals surface area contributed by atoms with Crippen LogP contribution in [0.3, 0.4) is 0 Å². The Morgan fingerprint density at radius 3 is 3.00 bits per heavy atom. The molecule has 0 spiro atoms. The Bertz CT molecular complexity index is 394. The molecule has 1 aliphatic heterocycles. The van der Waals surface area contributed by atoms with Crippen LogP contribution < -0.4 is 10.1 Å². The molecule has 1 aliphatic rings. The van der Waals surface area contributed by atoms with Gasteiger partial charge in [-0.15, -0.1) is 0 Å². The van der Waals surface area contributed by atoms with Crippen LogP contribution in [0.4, 0.5) is 0 Å². The smallest absolute Gasteiger partial charge is 0.358 e. The number of carbonyl (C=O) groups is 1. The van der Waals surface area contributed by atoms with Gasteiger partial charge in [0.15, 0.2) is 11.4 Å². The first-order valence-corrected chi connectivity index (χ1v) is 5.93. The molecule has 1 aromatic rings. The van der Waals surface area contributed by atoms with Crippen molar-refractivity contribution in [2.24, 2.45) is 0 Å². The average molecular weight is 238 g/mol. The van der Waals surface area contributed by atoms with E-state index < -0.39 is 0 Å². The van der Waals surface area contributed by atoms with Crippen LogP contribution in [0.15, 0.2) is 6.07 Å². The summed E-state index contributed by atoms with van der Waals surface area (Å²) < 4.78 is 10.2. The number of rotatable bonds is 4. The Hall–Kier alpha value is -1.49. The maximum atomic E-state index is 11.7. The molecule has 0 aliphatic carbocycles. The molecule has 0 saturated carbocycles. The Kier molecular flexibility index (Phi) is 3.68. The molecule has 0 bridgehead atoms. The number of H-pyrrole nitrogens is 1. The zero-order valence-electron chi connectivity index (χ0n) is 10.2. The third-order valence-corrected chi connectivity index (χ3v) is 2.94. The topological polar surface area (TPSA) is 63.4 Å². The van der Waals surface area contributed by atoms with Crippen molar-refractivity contribution in [1.29, 1.82) is 0 Å². The number of hydrogen-bond acceptors (Lipinski definition) is 4. The SMILES string of the molecule is CCOC(=O)c1[nH]c([C@H]2CCCN2)cc1OC. The summed E-state index contributed by atoms with van der Waals surface area (Å²) in [5.74, 6) is 0.181. The first kappa shape index (κ1) is 12.0. The van der Waals surface area contributed by atoms with Gasteiger partial charge in [-0.25, -0.2) is 4.79 Å². The Labute approximate surface area is 100 Å². The highest BCUT2D eigenvalue weighted by molar-refractivity contribution is 5.90. The highest BCUT2D eigenvalue weighted by atomic mass is 16.5. The number of methoxy groups -OCH3 is 1. The summed E-state index contributed by atoms with van der Waals surface area (Å²) in [5.41, 5.74) is 1.39. The standard InChI is InChI=1S/C12H18N2O3/c1-3-17-12(15)11-10(16-2)7-9(14-11)8-5-4-6-13-8/h7-8,13-14H,3-6H2,1-2H3/t8-/m1/s1. The fraction of sp³-hybridized carbons (Fsp3) is 0.583. The fourth-order valence-corrected chi connectivity index (χ4v) is 2.11. The number of esters is 1. The number of ether oxygens (including phenoxy) is 2. The van der Waals surface area contributed by atoms with E-state index in [4.69, 9.17) is 9.47 Å². The molecule has 5 heteroatoms. The van der Waals surface area contributed by atoms with E-state index in [1.165, 1.54) is 0 Å². The Morgan fingerprint density at radius 2 is 2.41 bits per heavy atom. The van der Waals surface area contributed by atoms with Crippen molar-refractivity contribution in [3.8, 4) is 5.75 Å². The molecule has 0 radical (unpaired) electrons. The Morgan fingerprint density at radius 1 is 1.59 bits per heavy atom. The number of aromatic amines is 1. The van der Waals surface area contributed by atoms with Crippen LogP contribution >= 0.6 is 0 Å². The van der Waals surface area contributed by atoms with E-state index in [-0.39, 0.29) is 12.0 Å². The predicted molar refractivity (Wildman–Crippen MR) is 63.3 cm³/mol. The fourth-order valence-electron chi connectivity index (χ4n) is 2.11. The highest BCUT2D eigenvalue weighted by Gasteiger charge is 2.23. The average Bonchev–Trinajstić information content (AvgIpc) is 2.97. The molecule has 2 rings (SSSR count). The minimum absolute atomic E-state index is 0.284. The summed E-state index contributed by atoms with van der Waals surface area (Å²) in [6, 6.07) is 2.15. The number of nitrogens with one attached hydrogen (secondary N) is 2. The molecule has 0 unspecified atom stereocenters. The molecule has 2 heterocycles. The zero-order chi connectivity index (χ0) is 12.3. The molecular formula is C12H18N2O3. The van der Waals surface area contributed by atoms with Gasteiger partial charge in [-0.3, -0.25) is 0 Å². The zero-order valence-corrected chi connectivity index (χ0v) is 10.2. The monoisotopic (exact) mass is 238 g/mol. The normalized spacial score (nSPS) is 19.3. The van der Waals surface area contributed by atoms with Crippen LogP contribution in [-0.4, -0.2) is 31.2 Å². The van der Waals surface area contributed by atoms with Crippen LogP contribution in [-0.2, 0) is 4.74 Å². The molecule has 17 heavy (non-hydrogen) atoms. The van der Waals surface area contributed by atoms with Gasteiger partial charge < -0.3 is 19.8 Å². The number of carbonyl (C=O) groups excluding carboxylic acids is 1. The Balaban J connectivity index is 2.22. The molecule has 0 amide bonds. The van der Waals surface area contributed by atoms with E-state index in [1.807, 2.05) is 6.07 Å². The molecule has 94 valence electrons. The van der Waals surface area contributed by atoms with Crippen LogP contribution in [0.5, 0.6) is 5.75 Å². The second-order valence-electron chi connectivity index (χ2n) is 4.04. The van der Waals surface area contributed by atoms with Gasteiger partial charge in [0.05, 0.1) is 13.7 Å². The second-order valence-corrected chi connectivity index (χ2v) is 4.04. The molecule has 1 saturated heterocycles. The predicted octanol–water partition coefficient (Wildman–Crippen LogP) is 1.62. The lowest BCUT2D eigenvalue weighted by atomic mass is 10.2. The van der Waals surface area contributed by atoms with Crippen LogP contribution in [0.25, 0.3) is 0 Å². The van der Waals surface area contributed by atoms with Gasteiger partial charge in [0.25, 0.3) is 0 Å². The van der Waals surface area contributed by atoms with Crippen molar-refractivity contribution >= 4 is 5.97 Å². The molecular weight excluding hydrogens is 220 g/mol. The number of hydrogen-bond donors (Lipinski definition) is 2. The minimum Gasteiger partial charge on any atom is -0.494 e. The maximum Gasteiger partial charge on any atom is 0.358 e. The largest absolute Gasteiger partial charge is 0.494 e. The molecule has 2 N–H and O–H groups in total. The van der Waals surface area contributed by atoms with Crippen molar-refractivity contribution in [2.75, 3.05) is 20.3 Å². The van der Waals surface area contributed by atoms with E-state index >= 15 is 0 Å². The number of aromatic nitrogens is 1. The summed E-state index contributed by atoms with van der Waals surface area (Å²) in [6.45, 7) is 3.16. The van der Waals surface area contributed by atoms with E-state index in [9.17, 15) is 4.79 Å². The molecule has 1 aromatic heterocycles. The maximum absolute atomic E-state index is 11.7.